The van der Waals surface area contributed by atoms with Gasteiger partial charge in [-0.25, -0.2) is 0 Å². The molecular weight excluding hydrogens is 256 g/mol. The highest BCUT2D eigenvalue weighted by Gasteiger charge is 2.10. The largest absolute Gasteiger partial charge is 0.488 e. The van der Waals surface area contributed by atoms with Gasteiger partial charge in [0, 0.05) is 6.54 Å². The van der Waals surface area contributed by atoms with Crippen LogP contribution >= 0.6 is 35.6 Å². The lowest BCUT2D eigenvalue weighted by molar-refractivity contribution is 0.242. The third kappa shape index (κ3) is 4.07. The Kier molecular flexibility index (Phi) is 6.37. The van der Waals surface area contributed by atoms with Crippen LogP contribution in [0.5, 0.6) is 5.75 Å². The SMILES string of the molecule is CC(C)Oc1c(Cl)cc(CN)cc1Cl.Cl. The molecule has 1 rings (SSSR count). The van der Waals surface area contributed by atoms with Crippen LogP contribution in [0.4, 0.5) is 0 Å². The second-order valence-electron chi connectivity index (χ2n) is 3.26. The van der Waals surface area contributed by atoms with E-state index in [1.807, 2.05) is 13.8 Å². The molecule has 0 aromatic heterocycles. The molecule has 0 saturated carbocycles. The minimum atomic E-state index is 0. The van der Waals surface area contributed by atoms with Crippen LogP contribution in [0.2, 0.25) is 10.0 Å². The Bertz CT molecular complexity index is 305. The zero-order valence-corrected chi connectivity index (χ0v) is 10.9. The fourth-order valence-electron chi connectivity index (χ4n) is 1.08. The minimum Gasteiger partial charge on any atom is -0.488 e. The number of hydrogen-bond acceptors (Lipinski definition) is 2. The lowest BCUT2D eigenvalue weighted by Crippen LogP contribution is -2.07. The third-order valence-corrected chi connectivity index (χ3v) is 2.21. The molecule has 5 heteroatoms. The van der Waals surface area contributed by atoms with Gasteiger partial charge in [0.25, 0.3) is 0 Å². The molecule has 0 heterocycles. The Morgan fingerprint density at radius 3 is 2.07 bits per heavy atom. The van der Waals surface area contributed by atoms with E-state index in [0.717, 1.165) is 5.56 Å². The number of hydrogen-bond donors (Lipinski definition) is 1. The average molecular weight is 271 g/mol. The van der Waals surface area contributed by atoms with Crippen molar-refractivity contribution in [2.45, 2.75) is 26.5 Å². The summed E-state index contributed by atoms with van der Waals surface area (Å²) in [6.45, 7) is 4.26. The lowest BCUT2D eigenvalue weighted by atomic mass is 10.2. The van der Waals surface area contributed by atoms with E-state index in [2.05, 4.69) is 0 Å². The summed E-state index contributed by atoms with van der Waals surface area (Å²) < 4.78 is 5.47. The lowest BCUT2D eigenvalue weighted by Gasteiger charge is -2.13. The molecule has 0 aliphatic rings. The highest BCUT2D eigenvalue weighted by molar-refractivity contribution is 6.37. The van der Waals surface area contributed by atoms with Crippen LogP contribution in [0.3, 0.4) is 0 Å². The highest BCUT2D eigenvalue weighted by atomic mass is 35.5. The number of halogens is 3. The van der Waals surface area contributed by atoms with Crippen LogP contribution < -0.4 is 10.5 Å². The highest BCUT2D eigenvalue weighted by Crippen LogP contribution is 2.34. The van der Waals surface area contributed by atoms with Crippen LogP contribution in [0, 0.1) is 0 Å². The van der Waals surface area contributed by atoms with E-state index in [1.165, 1.54) is 0 Å². The fourth-order valence-corrected chi connectivity index (χ4v) is 1.70. The van der Waals surface area contributed by atoms with Crippen LogP contribution in [0.1, 0.15) is 19.4 Å². The summed E-state index contributed by atoms with van der Waals surface area (Å²) in [5.41, 5.74) is 6.38. The van der Waals surface area contributed by atoms with Crippen molar-refractivity contribution in [3.05, 3.63) is 27.7 Å². The molecule has 0 spiro atoms. The van der Waals surface area contributed by atoms with Crippen molar-refractivity contribution in [1.82, 2.24) is 0 Å². The van der Waals surface area contributed by atoms with Gasteiger partial charge in [-0.15, -0.1) is 12.4 Å². The summed E-state index contributed by atoms with van der Waals surface area (Å²) in [6, 6.07) is 3.54. The first-order valence-electron chi connectivity index (χ1n) is 4.39. The van der Waals surface area contributed by atoms with Gasteiger partial charge in [-0.05, 0) is 31.5 Å². The van der Waals surface area contributed by atoms with Gasteiger partial charge in [-0.2, -0.15) is 0 Å². The van der Waals surface area contributed by atoms with Crippen molar-refractivity contribution in [1.29, 1.82) is 0 Å². The first kappa shape index (κ1) is 14.8. The molecule has 0 fully saturated rings. The second kappa shape index (κ2) is 6.44. The molecule has 0 bridgehead atoms. The van der Waals surface area contributed by atoms with Crippen molar-refractivity contribution < 1.29 is 4.74 Å². The van der Waals surface area contributed by atoms with Crippen molar-refractivity contribution in [3.8, 4) is 5.75 Å². The predicted octanol–water partition coefficient (Wildman–Crippen LogP) is 3.66. The normalized spacial score (nSPS) is 10.0. The molecule has 86 valence electrons. The minimum absolute atomic E-state index is 0. The first-order valence-corrected chi connectivity index (χ1v) is 5.14. The summed E-state index contributed by atoms with van der Waals surface area (Å²) in [5, 5.41) is 1.01. The Morgan fingerprint density at radius 2 is 1.73 bits per heavy atom. The van der Waals surface area contributed by atoms with Gasteiger partial charge in [0.05, 0.1) is 16.1 Å². The van der Waals surface area contributed by atoms with E-state index >= 15 is 0 Å². The maximum absolute atomic E-state index is 5.99. The molecule has 2 nitrogen and oxygen atoms in total. The molecule has 2 N–H and O–H groups in total. The number of rotatable bonds is 3. The van der Waals surface area contributed by atoms with E-state index in [1.54, 1.807) is 12.1 Å². The summed E-state index contributed by atoms with van der Waals surface area (Å²) >= 11 is 12.0. The van der Waals surface area contributed by atoms with Gasteiger partial charge in [0.15, 0.2) is 5.75 Å². The quantitative estimate of drug-likeness (QED) is 0.910. The maximum Gasteiger partial charge on any atom is 0.156 e. The molecule has 0 radical (unpaired) electrons. The third-order valence-electron chi connectivity index (χ3n) is 1.65. The Labute approximate surface area is 106 Å². The molecule has 15 heavy (non-hydrogen) atoms. The molecule has 0 saturated heterocycles. The molecule has 1 aromatic rings. The van der Waals surface area contributed by atoms with Crippen LogP contribution in [0.15, 0.2) is 12.1 Å². The van der Waals surface area contributed by atoms with Gasteiger partial charge in [0.1, 0.15) is 0 Å². The van der Waals surface area contributed by atoms with Crippen molar-refractivity contribution in [2.24, 2.45) is 5.73 Å². The van der Waals surface area contributed by atoms with E-state index in [-0.39, 0.29) is 18.5 Å². The molecule has 1 aromatic carbocycles. The summed E-state index contributed by atoms with van der Waals surface area (Å²) in [7, 11) is 0. The smallest absolute Gasteiger partial charge is 0.156 e. The molecular formula is C10H14Cl3NO. The number of benzene rings is 1. The summed E-state index contributed by atoms with van der Waals surface area (Å²) in [6.07, 6.45) is 0.0497. The van der Waals surface area contributed by atoms with E-state index < -0.39 is 0 Å². The van der Waals surface area contributed by atoms with Crippen molar-refractivity contribution >= 4 is 35.6 Å². The summed E-state index contributed by atoms with van der Waals surface area (Å²) in [4.78, 5) is 0. The average Bonchev–Trinajstić information content (AvgIpc) is 2.10. The van der Waals surface area contributed by atoms with E-state index in [0.29, 0.717) is 22.3 Å². The summed E-state index contributed by atoms with van der Waals surface area (Å²) in [5.74, 6) is 0.528. The van der Waals surface area contributed by atoms with Crippen LogP contribution in [-0.2, 0) is 6.54 Å². The molecule has 0 amide bonds. The zero-order chi connectivity index (χ0) is 10.7. The zero-order valence-electron chi connectivity index (χ0n) is 8.59. The van der Waals surface area contributed by atoms with Gasteiger partial charge in [-0.1, -0.05) is 23.2 Å². The number of ether oxygens (including phenoxy) is 1. The fraction of sp³-hybridized carbons (Fsp3) is 0.400. The maximum atomic E-state index is 5.99. The first-order chi connectivity index (χ1) is 6.54. The predicted molar refractivity (Wildman–Crippen MR) is 67.4 cm³/mol. The van der Waals surface area contributed by atoms with E-state index in [4.69, 9.17) is 33.7 Å². The molecule has 0 atom stereocenters. The monoisotopic (exact) mass is 269 g/mol. The van der Waals surface area contributed by atoms with Gasteiger partial charge in [0.2, 0.25) is 0 Å². The Morgan fingerprint density at radius 1 is 1.27 bits per heavy atom. The Balaban J connectivity index is 0.00000196. The molecule has 0 aliphatic heterocycles. The standard InChI is InChI=1S/C10H13Cl2NO.ClH/c1-6(2)14-10-8(11)3-7(5-13)4-9(10)12;/h3-4,6H,5,13H2,1-2H3;1H. The van der Waals surface area contributed by atoms with Gasteiger partial charge in [-0.3, -0.25) is 0 Å². The topological polar surface area (TPSA) is 35.2 Å². The Hall–Kier alpha value is -0.150. The van der Waals surface area contributed by atoms with Crippen LogP contribution in [0.25, 0.3) is 0 Å². The van der Waals surface area contributed by atoms with Crippen LogP contribution in [-0.4, -0.2) is 6.10 Å². The second-order valence-corrected chi connectivity index (χ2v) is 4.07. The van der Waals surface area contributed by atoms with Gasteiger partial charge < -0.3 is 10.5 Å². The molecule has 0 aliphatic carbocycles. The van der Waals surface area contributed by atoms with E-state index in [9.17, 15) is 0 Å². The van der Waals surface area contributed by atoms with Gasteiger partial charge >= 0.3 is 0 Å². The molecule has 0 unspecified atom stereocenters. The number of nitrogens with two attached hydrogens (primary N) is 1. The van der Waals surface area contributed by atoms with Crippen molar-refractivity contribution in [2.75, 3.05) is 0 Å². The van der Waals surface area contributed by atoms with Crippen molar-refractivity contribution in [3.63, 3.8) is 0 Å².